The highest BCUT2D eigenvalue weighted by atomic mass is 16.5. The van der Waals surface area contributed by atoms with Crippen molar-refractivity contribution in [2.75, 3.05) is 27.7 Å². The van der Waals surface area contributed by atoms with Crippen LogP contribution in [-0.4, -0.2) is 32.6 Å². The van der Waals surface area contributed by atoms with Crippen molar-refractivity contribution in [3.8, 4) is 5.75 Å². The number of methoxy groups -OCH3 is 1. The number of ether oxygens (including phenoxy) is 1. The molecule has 0 saturated carbocycles. The van der Waals surface area contributed by atoms with Gasteiger partial charge in [-0.2, -0.15) is 0 Å². The van der Waals surface area contributed by atoms with Crippen molar-refractivity contribution < 1.29 is 4.74 Å². The molecular formula is C11H18N2O. The molecule has 0 aromatic heterocycles. The van der Waals surface area contributed by atoms with Crippen molar-refractivity contribution in [2.45, 2.75) is 6.04 Å². The van der Waals surface area contributed by atoms with Crippen LogP contribution in [0.15, 0.2) is 24.3 Å². The van der Waals surface area contributed by atoms with Crippen LogP contribution in [0.5, 0.6) is 5.75 Å². The topological polar surface area (TPSA) is 38.5 Å². The summed E-state index contributed by atoms with van der Waals surface area (Å²) in [4.78, 5) is 2.08. The third kappa shape index (κ3) is 3.01. The molecule has 3 nitrogen and oxygen atoms in total. The summed E-state index contributed by atoms with van der Waals surface area (Å²) in [6, 6.07) is 7.95. The summed E-state index contributed by atoms with van der Waals surface area (Å²) < 4.78 is 5.08. The Morgan fingerprint density at radius 3 is 2.29 bits per heavy atom. The van der Waals surface area contributed by atoms with Gasteiger partial charge in [-0.1, -0.05) is 12.1 Å². The fourth-order valence-corrected chi connectivity index (χ4v) is 1.35. The Hall–Kier alpha value is -1.06. The molecule has 1 rings (SSSR count). The van der Waals surface area contributed by atoms with Crippen molar-refractivity contribution in [3.63, 3.8) is 0 Å². The van der Waals surface area contributed by atoms with Gasteiger partial charge < -0.3 is 15.4 Å². The Balaban J connectivity index is 2.66. The van der Waals surface area contributed by atoms with E-state index in [1.54, 1.807) is 7.11 Å². The first-order chi connectivity index (χ1) is 6.63. The number of hydrogen-bond donors (Lipinski definition) is 1. The molecule has 0 amide bonds. The molecule has 0 bridgehead atoms. The van der Waals surface area contributed by atoms with Gasteiger partial charge >= 0.3 is 0 Å². The predicted molar refractivity (Wildman–Crippen MR) is 58.5 cm³/mol. The smallest absolute Gasteiger partial charge is 0.118 e. The van der Waals surface area contributed by atoms with Gasteiger partial charge in [-0.05, 0) is 31.8 Å². The molecule has 0 saturated heterocycles. The average Bonchev–Trinajstić information content (AvgIpc) is 2.17. The Labute approximate surface area is 85.5 Å². The monoisotopic (exact) mass is 194 g/mol. The van der Waals surface area contributed by atoms with Crippen LogP contribution in [0.2, 0.25) is 0 Å². The second-order valence-corrected chi connectivity index (χ2v) is 3.64. The molecule has 1 unspecified atom stereocenters. The van der Waals surface area contributed by atoms with Gasteiger partial charge in [0.05, 0.1) is 7.11 Å². The van der Waals surface area contributed by atoms with E-state index in [0.29, 0.717) is 0 Å². The molecule has 0 fully saturated rings. The minimum absolute atomic E-state index is 0.0657. The SMILES string of the molecule is COc1ccc(C(N)CN(C)C)cc1. The third-order valence-electron chi connectivity index (χ3n) is 2.11. The highest BCUT2D eigenvalue weighted by Crippen LogP contribution is 2.16. The standard InChI is InChI=1S/C11H18N2O/c1-13(2)8-11(12)9-4-6-10(14-3)7-5-9/h4-7,11H,8,12H2,1-3H3. The molecule has 0 heterocycles. The molecule has 2 N–H and O–H groups in total. The first kappa shape index (κ1) is 11.0. The predicted octanol–water partition coefficient (Wildman–Crippen LogP) is 1.26. The van der Waals surface area contributed by atoms with Gasteiger partial charge in [0, 0.05) is 12.6 Å². The van der Waals surface area contributed by atoms with E-state index in [4.69, 9.17) is 10.5 Å². The quantitative estimate of drug-likeness (QED) is 0.784. The lowest BCUT2D eigenvalue weighted by atomic mass is 10.1. The zero-order valence-electron chi connectivity index (χ0n) is 9.03. The van der Waals surface area contributed by atoms with E-state index in [9.17, 15) is 0 Å². The van der Waals surface area contributed by atoms with Crippen LogP contribution >= 0.6 is 0 Å². The first-order valence-corrected chi connectivity index (χ1v) is 4.67. The number of hydrogen-bond acceptors (Lipinski definition) is 3. The van der Waals surface area contributed by atoms with Crippen molar-refractivity contribution >= 4 is 0 Å². The average molecular weight is 194 g/mol. The minimum atomic E-state index is 0.0657. The summed E-state index contributed by atoms with van der Waals surface area (Å²) in [6.45, 7) is 0.854. The Morgan fingerprint density at radius 1 is 1.29 bits per heavy atom. The fourth-order valence-electron chi connectivity index (χ4n) is 1.35. The van der Waals surface area contributed by atoms with Gasteiger partial charge in [-0.25, -0.2) is 0 Å². The Kier molecular flexibility index (Phi) is 3.92. The molecule has 0 aliphatic heterocycles. The molecule has 0 spiro atoms. The van der Waals surface area contributed by atoms with Crippen LogP contribution in [0, 0.1) is 0 Å². The van der Waals surface area contributed by atoms with Crippen molar-refractivity contribution in [3.05, 3.63) is 29.8 Å². The van der Waals surface area contributed by atoms with Gasteiger partial charge in [-0.3, -0.25) is 0 Å². The van der Waals surface area contributed by atoms with Crippen LogP contribution < -0.4 is 10.5 Å². The fraction of sp³-hybridized carbons (Fsp3) is 0.455. The lowest BCUT2D eigenvalue weighted by molar-refractivity contribution is 0.376. The largest absolute Gasteiger partial charge is 0.497 e. The van der Waals surface area contributed by atoms with Crippen LogP contribution in [-0.2, 0) is 0 Å². The second kappa shape index (κ2) is 4.98. The van der Waals surface area contributed by atoms with E-state index in [0.717, 1.165) is 17.9 Å². The van der Waals surface area contributed by atoms with Crippen LogP contribution in [0.3, 0.4) is 0 Å². The van der Waals surface area contributed by atoms with Gasteiger partial charge in [-0.15, -0.1) is 0 Å². The molecular weight excluding hydrogens is 176 g/mol. The minimum Gasteiger partial charge on any atom is -0.497 e. The van der Waals surface area contributed by atoms with Gasteiger partial charge in [0.15, 0.2) is 0 Å². The molecule has 1 aromatic rings. The summed E-state index contributed by atoms with van der Waals surface area (Å²) in [5.74, 6) is 0.866. The number of benzene rings is 1. The Bertz CT molecular complexity index is 269. The lowest BCUT2D eigenvalue weighted by Crippen LogP contribution is -2.25. The lowest BCUT2D eigenvalue weighted by Gasteiger charge is -2.17. The van der Waals surface area contributed by atoms with E-state index in [-0.39, 0.29) is 6.04 Å². The number of nitrogens with two attached hydrogens (primary N) is 1. The van der Waals surface area contributed by atoms with Crippen LogP contribution in [0.1, 0.15) is 11.6 Å². The van der Waals surface area contributed by atoms with E-state index < -0.39 is 0 Å². The van der Waals surface area contributed by atoms with Gasteiger partial charge in [0.1, 0.15) is 5.75 Å². The molecule has 78 valence electrons. The second-order valence-electron chi connectivity index (χ2n) is 3.64. The molecule has 1 aromatic carbocycles. The molecule has 14 heavy (non-hydrogen) atoms. The van der Waals surface area contributed by atoms with Crippen LogP contribution in [0.25, 0.3) is 0 Å². The van der Waals surface area contributed by atoms with E-state index in [1.807, 2.05) is 38.4 Å². The van der Waals surface area contributed by atoms with E-state index >= 15 is 0 Å². The summed E-state index contributed by atoms with van der Waals surface area (Å²) in [5.41, 5.74) is 7.14. The highest BCUT2D eigenvalue weighted by molar-refractivity contribution is 5.29. The van der Waals surface area contributed by atoms with Crippen molar-refractivity contribution in [1.82, 2.24) is 4.90 Å². The molecule has 1 atom stereocenters. The summed E-state index contributed by atoms with van der Waals surface area (Å²) in [6.07, 6.45) is 0. The normalized spacial score (nSPS) is 12.9. The summed E-state index contributed by atoms with van der Waals surface area (Å²) in [7, 11) is 5.70. The Morgan fingerprint density at radius 2 is 1.86 bits per heavy atom. The molecule has 0 aliphatic carbocycles. The van der Waals surface area contributed by atoms with Gasteiger partial charge in [0.25, 0.3) is 0 Å². The maximum Gasteiger partial charge on any atom is 0.118 e. The van der Waals surface area contributed by atoms with Crippen molar-refractivity contribution in [2.24, 2.45) is 5.73 Å². The number of nitrogens with zero attached hydrogens (tertiary/aromatic N) is 1. The van der Waals surface area contributed by atoms with Crippen molar-refractivity contribution in [1.29, 1.82) is 0 Å². The summed E-state index contributed by atoms with van der Waals surface area (Å²) in [5, 5.41) is 0. The maximum atomic E-state index is 6.00. The van der Waals surface area contributed by atoms with E-state index in [1.165, 1.54) is 0 Å². The summed E-state index contributed by atoms with van der Waals surface area (Å²) >= 11 is 0. The number of rotatable bonds is 4. The highest BCUT2D eigenvalue weighted by Gasteiger charge is 2.06. The van der Waals surface area contributed by atoms with Crippen LogP contribution in [0.4, 0.5) is 0 Å². The molecule has 3 heteroatoms. The molecule has 0 radical (unpaired) electrons. The maximum absolute atomic E-state index is 6.00. The molecule has 0 aliphatic rings. The van der Waals surface area contributed by atoms with Gasteiger partial charge in [0.2, 0.25) is 0 Å². The third-order valence-corrected chi connectivity index (χ3v) is 2.11. The zero-order chi connectivity index (χ0) is 10.6. The first-order valence-electron chi connectivity index (χ1n) is 4.67. The number of likely N-dealkylation sites (N-methyl/N-ethyl adjacent to an activating group) is 1. The zero-order valence-corrected chi connectivity index (χ0v) is 9.03. The van der Waals surface area contributed by atoms with E-state index in [2.05, 4.69) is 4.90 Å².